The van der Waals surface area contributed by atoms with Crippen LogP contribution in [-0.4, -0.2) is 35.9 Å². The fourth-order valence-corrected chi connectivity index (χ4v) is 3.58. The molecule has 0 aromatic heterocycles. The summed E-state index contributed by atoms with van der Waals surface area (Å²) in [7, 11) is 0. The number of nitrogens with zero attached hydrogens (tertiary/aromatic N) is 1. The van der Waals surface area contributed by atoms with Gasteiger partial charge in [-0.25, -0.2) is 0 Å². The number of rotatable bonds is 4. The molecule has 2 saturated heterocycles. The van der Waals surface area contributed by atoms with E-state index in [0.29, 0.717) is 31.8 Å². The average Bonchev–Trinajstić information content (AvgIpc) is 2.55. The van der Waals surface area contributed by atoms with Crippen LogP contribution >= 0.6 is 0 Å². The Kier molecular flexibility index (Phi) is 4.89. The second kappa shape index (κ2) is 7.06. The minimum Gasteiger partial charge on any atom is -0.375 e. The van der Waals surface area contributed by atoms with Gasteiger partial charge in [0.15, 0.2) is 0 Å². The number of Topliss-reactive ketones (excluding diaryl/α,β-unsaturated/α-hetero) is 1. The molecule has 0 radical (unpaired) electrons. The van der Waals surface area contributed by atoms with E-state index in [1.807, 2.05) is 18.2 Å². The molecule has 0 N–H and O–H groups in total. The molecule has 0 aliphatic carbocycles. The maximum Gasteiger partial charge on any atom is 0.136 e. The van der Waals surface area contributed by atoms with Crippen molar-refractivity contribution in [2.24, 2.45) is 0 Å². The van der Waals surface area contributed by atoms with Crippen molar-refractivity contribution in [3.05, 3.63) is 53.8 Å². The third-order valence-corrected chi connectivity index (χ3v) is 4.67. The van der Waals surface area contributed by atoms with Crippen LogP contribution in [0.15, 0.2) is 48.2 Å². The number of piperidine rings is 2. The fraction of sp³-hybridized carbons (Fsp3) is 0.474. The Balaban J connectivity index is 1.62. The molecular formula is C19H23NO2. The minimum atomic E-state index is 0.193. The summed E-state index contributed by atoms with van der Waals surface area (Å²) in [4.78, 5) is 14.5. The lowest BCUT2D eigenvalue weighted by Gasteiger charge is -2.44. The molecule has 0 bridgehead atoms. The minimum absolute atomic E-state index is 0.193. The van der Waals surface area contributed by atoms with Gasteiger partial charge < -0.3 is 4.74 Å². The third-order valence-electron chi connectivity index (χ3n) is 4.67. The van der Waals surface area contributed by atoms with E-state index in [-0.39, 0.29) is 12.1 Å². The van der Waals surface area contributed by atoms with Crippen LogP contribution in [0.25, 0.3) is 0 Å². The first kappa shape index (κ1) is 15.2. The van der Waals surface area contributed by atoms with Crippen LogP contribution in [0.3, 0.4) is 0 Å². The molecule has 0 saturated carbocycles. The Morgan fingerprint density at radius 1 is 1.27 bits per heavy atom. The van der Waals surface area contributed by atoms with Gasteiger partial charge in [-0.3, -0.25) is 9.69 Å². The van der Waals surface area contributed by atoms with E-state index >= 15 is 0 Å². The zero-order valence-electron chi connectivity index (χ0n) is 13.0. The van der Waals surface area contributed by atoms with Gasteiger partial charge >= 0.3 is 0 Å². The van der Waals surface area contributed by atoms with E-state index in [4.69, 9.17) is 4.74 Å². The Morgan fingerprint density at radius 2 is 2.09 bits per heavy atom. The predicted molar refractivity (Wildman–Crippen MR) is 86.5 cm³/mol. The maximum absolute atomic E-state index is 12.1. The quantitative estimate of drug-likeness (QED) is 0.800. The highest BCUT2D eigenvalue weighted by atomic mass is 16.5. The monoisotopic (exact) mass is 297 g/mol. The number of ketones is 1. The van der Waals surface area contributed by atoms with Crippen LogP contribution in [-0.2, 0) is 16.1 Å². The SMILES string of the molecule is C=C=C1CCCN2[C@@H](COCc3ccccc3)CC(=O)C[C@H]12. The number of carbonyl (C=O) groups is 1. The van der Waals surface area contributed by atoms with Gasteiger partial charge in [0.2, 0.25) is 0 Å². The van der Waals surface area contributed by atoms with E-state index < -0.39 is 0 Å². The molecule has 0 amide bonds. The number of ether oxygens (including phenoxy) is 1. The van der Waals surface area contributed by atoms with Crippen LogP contribution in [0.1, 0.15) is 31.2 Å². The standard InChI is InChI=1S/C19H23NO2/c1-2-16-9-6-10-20-17(11-18(21)12-19(16)20)14-22-13-15-7-4-3-5-8-15/h3-5,7-8,17,19H,1,6,9-14H2/t17-,19-/m1/s1. The zero-order chi connectivity index (χ0) is 15.4. The van der Waals surface area contributed by atoms with Gasteiger partial charge in [0, 0.05) is 24.9 Å². The normalized spacial score (nSPS) is 25.6. The summed E-state index contributed by atoms with van der Waals surface area (Å²) in [5, 5.41) is 0. The zero-order valence-corrected chi connectivity index (χ0v) is 13.0. The van der Waals surface area contributed by atoms with Crippen molar-refractivity contribution in [2.75, 3.05) is 13.2 Å². The number of carbonyl (C=O) groups excluding carboxylic acids is 1. The van der Waals surface area contributed by atoms with Gasteiger partial charge in [-0.1, -0.05) is 36.9 Å². The highest BCUT2D eigenvalue weighted by Crippen LogP contribution is 2.31. The van der Waals surface area contributed by atoms with Gasteiger partial charge in [0.05, 0.1) is 13.2 Å². The Bertz CT molecular complexity index is 574. The molecule has 2 atom stereocenters. The summed E-state index contributed by atoms with van der Waals surface area (Å²) in [6, 6.07) is 10.6. The van der Waals surface area contributed by atoms with Gasteiger partial charge in [-0.15, -0.1) is 5.73 Å². The van der Waals surface area contributed by atoms with Crippen molar-refractivity contribution in [2.45, 2.75) is 44.4 Å². The van der Waals surface area contributed by atoms with Gasteiger partial charge in [-0.05, 0) is 30.5 Å². The first-order valence-electron chi connectivity index (χ1n) is 8.06. The number of hydrogen-bond acceptors (Lipinski definition) is 3. The molecule has 2 aliphatic heterocycles. The largest absolute Gasteiger partial charge is 0.375 e. The molecule has 2 heterocycles. The molecule has 3 rings (SSSR count). The average molecular weight is 297 g/mol. The van der Waals surface area contributed by atoms with Gasteiger partial charge in [0.1, 0.15) is 5.78 Å². The molecule has 22 heavy (non-hydrogen) atoms. The fourth-order valence-electron chi connectivity index (χ4n) is 3.58. The summed E-state index contributed by atoms with van der Waals surface area (Å²) in [5.41, 5.74) is 5.43. The predicted octanol–water partition coefficient (Wildman–Crippen LogP) is 3.11. The van der Waals surface area contributed by atoms with E-state index in [2.05, 4.69) is 29.3 Å². The second-order valence-corrected chi connectivity index (χ2v) is 6.16. The Morgan fingerprint density at radius 3 is 2.86 bits per heavy atom. The number of hydrogen-bond donors (Lipinski definition) is 0. The van der Waals surface area contributed by atoms with Crippen LogP contribution in [0.4, 0.5) is 0 Å². The van der Waals surface area contributed by atoms with E-state index in [0.717, 1.165) is 19.4 Å². The van der Waals surface area contributed by atoms with E-state index in [9.17, 15) is 4.79 Å². The van der Waals surface area contributed by atoms with Crippen molar-refractivity contribution in [3.8, 4) is 0 Å². The molecule has 116 valence electrons. The lowest BCUT2D eigenvalue weighted by atomic mass is 9.85. The Labute approximate surface area is 132 Å². The molecule has 0 unspecified atom stereocenters. The topological polar surface area (TPSA) is 29.5 Å². The number of fused-ring (bicyclic) bond motifs is 1. The second-order valence-electron chi connectivity index (χ2n) is 6.16. The third kappa shape index (κ3) is 3.38. The lowest BCUT2D eigenvalue weighted by molar-refractivity contribution is -0.126. The molecule has 1 aromatic carbocycles. The summed E-state index contributed by atoms with van der Waals surface area (Å²) in [5.74, 6) is 0.337. The lowest BCUT2D eigenvalue weighted by Crippen LogP contribution is -2.54. The number of benzene rings is 1. The van der Waals surface area contributed by atoms with E-state index in [1.165, 1.54) is 11.1 Å². The smallest absolute Gasteiger partial charge is 0.136 e. The van der Waals surface area contributed by atoms with Crippen LogP contribution in [0.5, 0.6) is 0 Å². The summed E-state index contributed by atoms with van der Waals surface area (Å²) >= 11 is 0. The van der Waals surface area contributed by atoms with Crippen molar-refractivity contribution in [1.29, 1.82) is 0 Å². The van der Waals surface area contributed by atoms with Crippen LogP contribution < -0.4 is 0 Å². The van der Waals surface area contributed by atoms with Crippen LogP contribution in [0.2, 0.25) is 0 Å². The first-order valence-corrected chi connectivity index (χ1v) is 8.06. The summed E-state index contributed by atoms with van der Waals surface area (Å²) in [6.45, 7) is 6.06. The highest BCUT2D eigenvalue weighted by molar-refractivity contribution is 5.81. The Hall–Kier alpha value is -1.67. The van der Waals surface area contributed by atoms with E-state index in [1.54, 1.807) is 0 Å². The molecule has 3 nitrogen and oxygen atoms in total. The molecule has 1 aromatic rings. The highest BCUT2D eigenvalue weighted by Gasteiger charge is 2.38. The molecule has 0 spiro atoms. The summed E-state index contributed by atoms with van der Waals surface area (Å²) < 4.78 is 5.89. The van der Waals surface area contributed by atoms with Crippen LogP contribution in [0, 0.1) is 0 Å². The molecular weight excluding hydrogens is 274 g/mol. The van der Waals surface area contributed by atoms with Gasteiger partial charge in [-0.2, -0.15) is 0 Å². The van der Waals surface area contributed by atoms with Crippen molar-refractivity contribution < 1.29 is 9.53 Å². The maximum atomic E-state index is 12.1. The van der Waals surface area contributed by atoms with Crippen molar-refractivity contribution in [3.63, 3.8) is 0 Å². The van der Waals surface area contributed by atoms with Crippen molar-refractivity contribution >= 4 is 5.78 Å². The first-order chi connectivity index (χ1) is 10.8. The summed E-state index contributed by atoms with van der Waals surface area (Å²) in [6.07, 6.45) is 3.37. The van der Waals surface area contributed by atoms with Gasteiger partial charge in [0.25, 0.3) is 0 Å². The molecule has 3 heteroatoms. The molecule has 2 fully saturated rings. The van der Waals surface area contributed by atoms with Crippen molar-refractivity contribution in [1.82, 2.24) is 4.90 Å². The molecule has 2 aliphatic rings.